The standard InChI is InChI=1S/C19H29N/c1-14(18(3,4)5)12-16-10-9-11-17(13-16)20-15(2)19(6,7)8/h9-11,13,20H,1-2,12H2,3-8H3. The summed E-state index contributed by atoms with van der Waals surface area (Å²) in [4.78, 5) is 0. The zero-order chi connectivity index (χ0) is 15.6. The van der Waals surface area contributed by atoms with Gasteiger partial charge in [0, 0.05) is 16.8 Å². The van der Waals surface area contributed by atoms with Gasteiger partial charge < -0.3 is 5.32 Å². The molecule has 0 heterocycles. The van der Waals surface area contributed by atoms with Gasteiger partial charge in [-0.05, 0) is 29.5 Å². The molecule has 0 aliphatic heterocycles. The molecule has 0 amide bonds. The average Bonchev–Trinajstić information content (AvgIpc) is 2.26. The zero-order valence-electron chi connectivity index (χ0n) is 13.9. The van der Waals surface area contributed by atoms with E-state index in [4.69, 9.17) is 0 Å². The van der Waals surface area contributed by atoms with Crippen LogP contribution in [0.4, 0.5) is 5.69 Å². The summed E-state index contributed by atoms with van der Waals surface area (Å²) in [5.74, 6) is 0. The maximum absolute atomic E-state index is 4.21. The van der Waals surface area contributed by atoms with E-state index in [2.05, 4.69) is 84.3 Å². The number of nitrogens with one attached hydrogen (secondary N) is 1. The molecule has 0 spiro atoms. The van der Waals surface area contributed by atoms with E-state index in [9.17, 15) is 0 Å². The molecule has 1 N–H and O–H groups in total. The van der Waals surface area contributed by atoms with E-state index in [1.165, 1.54) is 11.1 Å². The Bertz CT molecular complexity index is 452. The van der Waals surface area contributed by atoms with Crippen LogP contribution in [0.25, 0.3) is 0 Å². The molecule has 1 nitrogen and oxygen atoms in total. The monoisotopic (exact) mass is 271 g/mol. The summed E-state index contributed by atoms with van der Waals surface area (Å²) >= 11 is 0. The van der Waals surface area contributed by atoms with Gasteiger partial charge in [-0.25, -0.2) is 0 Å². The topological polar surface area (TPSA) is 12.0 Å². The molecular formula is C19H29N. The second-order valence-corrected chi connectivity index (χ2v) is 7.58. The maximum Gasteiger partial charge on any atom is 0.0384 e. The fourth-order valence-corrected chi connectivity index (χ4v) is 1.63. The van der Waals surface area contributed by atoms with Crippen molar-refractivity contribution >= 4 is 5.69 Å². The van der Waals surface area contributed by atoms with Crippen molar-refractivity contribution in [3.8, 4) is 0 Å². The first-order valence-corrected chi connectivity index (χ1v) is 7.24. The first-order valence-electron chi connectivity index (χ1n) is 7.24. The van der Waals surface area contributed by atoms with Gasteiger partial charge in [0.25, 0.3) is 0 Å². The summed E-state index contributed by atoms with van der Waals surface area (Å²) in [5, 5.41) is 3.41. The Morgan fingerprint density at radius 1 is 1.00 bits per heavy atom. The highest BCUT2D eigenvalue weighted by molar-refractivity contribution is 5.51. The molecule has 0 unspecified atom stereocenters. The molecule has 20 heavy (non-hydrogen) atoms. The van der Waals surface area contributed by atoms with E-state index in [1.807, 2.05) is 0 Å². The van der Waals surface area contributed by atoms with Crippen molar-refractivity contribution in [2.24, 2.45) is 10.8 Å². The quantitative estimate of drug-likeness (QED) is 0.682. The first-order chi connectivity index (χ1) is 9.00. The van der Waals surface area contributed by atoms with Crippen LogP contribution in [0.5, 0.6) is 0 Å². The van der Waals surface area contributed by atoms with Crippen LogP contribution >= 0.6 is 0 Å². The molecule has 0 bridgehead atoms. The van der Waals surface area contributed by atoms with Crippen LogP contribution in [0, 0.1) is 10.8 Å². The molecule has 1 rings (SSSR count). The summed E-state index contributed by atoms with van der Waals surface area (Å²) in [6.07, 6.45) is 0.918. The number of benzene rings is 1. The second-order valence-electron chi connectivity index (χ2n) is 7.58. The number of hydrogen-bond donors (Lipinski definition) is 1. The second kappa shape index (κ2) is 5.87. The minimum Gasteiger partial charge on any atom is -0.359 e. The minimum absolute atomic E-state index is 0.0605. The number of allylic oxidation sites excluding steroid dienone is 2. The molecule has 0 fully saturated rings. The third-order valence-corrected chi connectivity index (χ3v) is 3.61. The van der Waals surface area contributed by atoms with Crippen LogP contribution in [0.1, 0.15) is 47.1 Å². The SMILES string of the molecule is C=C(Cc1cccc(NC(=C)C(C)(C)C)c1)C(C)(C)C. The van der Waals surface area contributed by atoms with Gasteiger partial charge in [-0.2, -0.15) is 0 Å². The Labute approximate surface area is 124 Å². The molecule has 1 aromatic carbocycles. The molecule has 1 heteroatoms. The van der Waals surface area contributed by atoms with E-state index in [0.29, 0.717) is 0 Å². The van der Waals surface area contributed by atoms with Crippen molar-refractivity contribution in [1.29, 1.82) is 0 Å². The molecule has 0 radical (unpaired) electrons. The van der Waals surface area contributed by atoms with Gasteiger partial charge in [0.1, 0.15) is 0 Å². The molecule has 0 saturated carbocycles. The molecule has 0 aliphatic carbocycles. The summed E-state index contributed by atoms with van der Waals surface area (Å²) in [7, 11) is 0. The van der Waals surface area contributed by atoms with Gasteiger partial charge >= 0.3 is 0 Å². The number of anilines is 1. The van der Waals surface area contributed by atoms with Crippen LogP contribution in [0.15, 0.2) is 48.7 Å². The Hall–Kier alpha value is -1.50. The Balaban J connectivity index is 2.82. The normalized spacial score (nSPS) is 12.1. The zero-order valence-corrected chi connectivity index (χ0v) is 13.9. The molecule has 0 aromatic heterocycles. The third kappa shape index (κ3) is 4.88. The first kappa shape index (κ1) is 16.6. The highest BCUT2D eigenvalue weighted by Gasteiger charge is 2.16. The van der Waals surface area contributed by atoms with Gasteiger partial charge in [0.2, 0.25) is 0 Å². The van der Waals surface area contributed by atoms with Crippen molar-refractivity contribution in [2.45, 2.75) is 48.0 Å². The fourth-order valence-electron chi connectivity index (χ4n) is 1.63. The van der Waals surface area contributed by atoms with Crippen LogP contribution in [0.2, 0.25) is 0 Å². The fraction of sp³-hybridized carbons (Fsp3) is 0.474. The predicted molar refractivity (Wildman–Crippen MR) is 91.0 cm³/mol. The van der Waals surface area contributed by atoms with E-state index >= 15 is 0 Å². The maximum atomic E-state index is 4.21. The minimum atomic E-state index is 0.0605. The van der Waals surface area contributed by atoms with Crippen LogP contribution < -0.4 is 5.32 Å². The van der Waals surface area contributed by atoms with Gasteiger partial charge in [0.15, 0.2) is 0 Å². The van der Waals surface area contributed by atoms with Gasteiger partial charge in [-0.1, -0.05) is 72.4 Å². The van der Waals surface area contributed by atoms with Crippen molar-refractivity contribution in [2.75, 3.05) is 5.32 Å². The van der Waals surface area contributed by atoms with E-state index in [-0.39, 0.29) is 10.8 Å². The smallest absolute Gasteiger partial charge is 0.0384 e. The molecular weight excluding hydrogens is 242 g/mol. The molecule has 0 saturated heterocycles. The Morgan fingerprint density at radius 2 is 1.60 bits per heavy atom. The lowest BCUT2D eigenvalue weighted by atomic mass is 9.84. The summed E-state index contributed by atoms with van der Waals surface area (Å²) < 4.78 is 0. The van der Waals surface area contributed by atoms with Crippen LogP contribution in [-0.4, -0.2) is 0 Å². The predicted octanol–water partition coefficient (Wildman–Crippen LogP) is 5.80. The molecule has 0 atom stereocenters. The Morgan fingerprint density at radius 3 is 2.10 bits per heavy atom. The van der Waals surface area contributed by atoms with Crippen molar-refractivity contribution < 1.29 is 0 Å². The lowest BCUT2D eigenvalue weighted by molar-refractivity contribution is 0.494. The van der Waals surface area contributed by atoms with E-state index in [0.717, 1.165) is 17.8 Å². The van der Waals surface area contributed by atoms with Crippen molar-refractivity contribution in [1.82, 2.24) is 0 Å². The summed E-state index contributed by atoms with van der Waals surface area (Å²) in [6.45, 7) is 21.4. The lowest BCUT2D eigenvalue weighted by Gasteiger charge is -2.24. The van der Waals surface area contributed by atoms with E-state index < -0.39 is 0 Å². The van der Waals surface area contributed by atoms with Crippen LogP contribution in [-0.2, 0) is 6.42 Å². The molecule has 1 aromatic rings. The molecule has 0 aliphatic rings. The largest absolute Gasteiger partial charge is 0.359 e. The summed E-state index contributed by atoms with van der Waals surface area (Å²) in [6, 6.07) is 8.51. The van der Waals surface area contributed by atoms with E-state index in [1.54, 1.807) is 0 Å². The number of rotatable bonds is 4. The van der Waals surface area contributed by atoms with Crippen LogP contribution in [0.3, 0.4) is 0 Å². The Kier molecular flexibility index (Phi) is 4.86. The highest BCUT2D eigenvalue weighted by Crippen LogP contribution is 2.29. The van der Waals surface area contributed by atoms with Gasteiger partial charge in [-0.3, -0.25) is 0 Å². The molecule has 110 valence electrons. The van der Waals surface area contributed by atoms with Gasteiger partial charge in [0.05, 0.1) is 0 Å². The third-order valence-electron chi connectivity index (χ3n) is 3.61. The highest BCUT2D eigenvalue weighted by atomic mass is 14.9. The average molecular weight is 271 g/mol. The van der Waals surface area contributed by atoms with Gasteiger partial charge in [-0.15, -0.1) is 0 Å². The van der Waals surface area contributed by atoms with Crippen molar-refractivity contribution in [3.63, 3.8) is 0 Å². The summed E-state index contributed by atoms with van der Waals surface area (Å²) in [5.41, 5.74) is 4.89. The van der Waals surface area contributed by atoms with Crippen molar-refractivity contribution in [3.05, 3.63) is 54.3 Å². The lowest BCUT2D eigenvalue weighted by Crippen LogP contribution is -2.15. The number of hydrogen-bond acceptors (Lipinski definition) is 1.